The zero-order valence-corrected chi connectivity index (χ0v) is 12.9. The molecule has 1 saturated heterocycles. The maximum absolute atomic E-state index is 11.8. The zero-order valence-electron chi connectivity index (χ0n) is 12.1. The van der Waals surface area contributed by atoms with Crippen LogP contribution in [-0.4, -0.2) is 48.8 Å². The van der Waals surface area contributed by atoms with Crippen molar-refractivity contribution in [3.8, 4) is 0 Å². The Morgan fingerprint density at radius 1 is 1.24 bits per heavy atom. The Balaban J connectivity index is 1.97. The van der Waals surface area contributed by atoms with Gasteiger partial charge in [0.25, 0.3) is 0 Å². The molecule has 6 nitrogen and oxygen atoms in total. The SMILES string of the molecule is CS(=O)(=O)c1cccc2c1nc(N)n2CCN1CCCC1. The number of benzene rings is 1. The van der Waals surface area contributed by atoms with Gasteiger partial charge in [0.05, 0.1) is 10.4 Å². The van der Waals surface area contributed by atoms with E-state index in [1.165, 1.54) is 19.1 Å². The lowest BCUT2D eigenvalue weighted by molar-refractivity contribution is 0.325. The molecule has 1 aliphatic rings. The van der Waals surface area contributed by atoms with Crippen molar-refractivity contribution < 1.29 is 8.42 Å². The predicted molar refractivity (Wildman–Crippen MR) is 82.9 cm³/mol. The van der Waals surface area contributed by atoms with Crippen molar-refractivity contribution in [2.45, 2.75) is 24.3 Å². The monoisotopic (exact) mass is 308 g/mol. The molecule has 0 amide bonds. The molecule has 0 saturated carbocycles. The van der Waals surface area contributed by atoms with E-state index < -0.39 is 9.84 Å². The van der Waals surface area contributed by atoms with Crippen LogP contribution in [0.4, 0.5) is 5.95 Å². The molecule has 0 atom stereocenters. The second-order valence-corrected chi connectivity index (χ2v) is 7.55. The summed E-state index contributed by atoms with van der Waals surface area (Å²) >= 11 is 0. The Bertz CT molecular complexity index is 761. The van der Waals surface area contributed by atoms with Gasteiger partial charge in [0.2, 0.25) is 5.95 Å². The van der Waals surface area contributed by atoms with Gasteiger partial charge in [-0.3, -0.25) is 0 Å². The summed E-state index contributed by atoms with van der Waals surface area (Å²) in [5, 5.41) is 0. The van der Waals surface area contributed by atoms with Gasteiger partial charge in [0.15, 0.2) is 9.84 Å². The minimum atomic E-state index is -3.31. The van der Waals surface area contributed by atoms with E-state index in [1.54, 1.807) is 12.1 Å². The third-order valence-corrected chi connectivity index (χ3v) is 5.14. The van der Waals surface area contributed by atoms with E-state index in [-0.39, 0.29) is 4.90 Å². The first-order chi connectivity index (χ1) is 9.97. The fourth-order valence-electron chi connectivity index (χ4n) is 2.92. The highest BCUT2D eigenvalue weighted by Gasteiger charge is 2.18. The molecular weight excluding hydrogens is 288 g/mol. The van der Waals surface area contributed by atoms with Gasteiger partial charge in [-0.15, -0.1) is 0 Å². The van der Waals surface area contributed by atoms with Crippen LogP contribution in [0.15, 0.2) is 23.1 Å². The van der Waals surface area contributed by atoms with Crippen LogP contribution in [0.3, 0.4) is 0 Å². The highest BCUT2D eigenvalue weighted by Crippen LogP contribution is 2.25. The van der Waals surface area contributed by atoms with Gasteiger partial charge in [-0.1, -0.05) is 6.07 Å². The fraction of sp³-hybridized carbons (Fsp3) is 0.500. The van der Waals surface area contributed by atoms with Crippen LogP contribution < -0.4 is 5.73 Å². The smallest absolute Gasteiger partial charge is 0.201 e. The molecule has 21 heavy (non-hydrogen) atoms. The largest absolute Gasteiger partial charge is 0.369 e. The third kappa shape index (κ3) is 2.75. The summed E-state index contributed by atoms with van der Waals surface area (Å²) in [5.41, 5.74) is 7.25. The molecule has 0 radical (unpaired) electrons. The molecular formula is C14H20N4O2S. The Morgan fingerprint density at radius 2 is 1.95 bits per heavy atom. The lowest BCUT2D eigenvalue weighted by Gasteiger charge is -2.15. The van der Waals surface area contributed by atoms with Crippen LogP contribution in [0, 0.1) is 0 Å². The average Bonchev–Trinajstić information content (AvgIpc) is 3.01. The number of nitrogens with two attached hydrogens (primary N) is 1. The van der Waals surface area contributed by atoms with E-state index in [9.17, 15) is 8.42 Å². The van der Waals surface area contributed by atoms with E-state index >= 15 is 0 Å². The number of imidazole rings is 1. The summed E-state index contributed by atoms with van der Waals surface area (Å²) in [6.07, 6.45) is 3.69. The Kier molecular flexibility index (Phi) is 3.62. The van der Waals surface area contributed by atoms with E-state index in [0.717, 1.165) is 31.7 Å². The molecule has 0 bridgehead atoms. The van der Waals surface area contributed by atoms with Gasteiger partial charge < -0.3 is 15.2 Å². The number of hydrogen-bond donors (Lipinski definition) is 1. The summed E-state index contributed by atoms with van der Waals surface area (Å²) in [4.78, 5) is 6.90. The van der Waals surface area contributed by atoms with Crippen LogP contribution in [-0.2, 0) is 16.4 Å². The molecule has 0 aliphatic carbocycles. The van der Waals surface area contributed by atoms with Crippen molar-refractivity contribution in [1.82, 2.24) is 14.5 Å². The van der Waals surface area contributed by atoms with Crippen LogP contribution in [0.5, 0.6) is 0 Å². The average molecular weight is 308 g/mol. The minimum absolute atomic E-state index is 0.242. The molecule has 1 aromatic heterocycles. The number of nitrogen functional groups attached to an aromatic ring is 1. The minimum Gasteiger partial charge on any atom is -0.369 e. The molecule has 1 aliphatic heterocycles. The number of fused-ring (bicyclic) bond motifs is 1. The van der Waals surface area contributed by atoms with Crippen LogP contribution >= 0.6 is 0 Å². The van der Waals surface area contributed by atoms with Crippen molar-refractivity contribution in [2.24, 2.45) is 0 Å². The standard InChI is InChI=1S/C14H20N4O2S/c1-21(19,20)12-6-4-5-11-13(12)16-14(15)18(11)10-9-17-7-2-3-8-17/h4-6H,2-3,7-10H2,1H3,(H2,15,16). The summed E-state index contributed by atoms with van der Waals surface area (Å²) in [7, 11) is -3.31. The molecule has 2 heterocycles. The van der Waals surface area contributed by atoms with Gasteiger partial charge in [-0.25, -0.2) is 13.4 Å². The summed E-state index contributed by atoms with van der Waals surface area (Å²) in [5.74, 6) is 0.375. The van der Waals surface area contributed by atoms with Crippen LogP contribution in [0.2, 0.25) is 0 Å². The summed E-state index contributed by atoms with van der Waals surface area (Å²) < 4.78 is 25.6. The lowest BCUT2D eigenvalue weighted by Crippen LogP contribution is -2.24. The molecule has 7 heteroatoms. The number of hydrogen-bond acceptors (Lipinski definition) is 5. The maximum Gasteiger partial charge on any atom is 0.201 e. The van der Waals surface area contributed by atoms with Crippen molar-refractivity contribution >= 4 is 26.8 Å². The summed E-state index contributed by atoms with van der Waals surface area (Å²) in [6, 6.07) is 5.19. The van der Waals surface area contributed by atoms with Crippen molar-refractivity contribution in [1.29, 1.82) is 0 Å². The Morgan fingerprint density at radius 3 is 2.62 bits per heavy atom. The summed E-state index contributed by atoms with van der Waals surface area (Å²) in [6.45, 7) is 3.90. The van der Waals surface area contributed by atoms with E-state index in [2.05, 4.69) is 9.88 Å². The van der Waals surface area contributed by atoms with Gasteiger partial charge in [0, 0.05) is 19.3 Å². The number of likely N-dealkylation sites (tertiary alicyclic amines) is 1. The first-order valence-electron chi connectivity index (χ1n) is 7.14. The van der Waals surface area contributed by atoms with E-state index in [4.69, 9.17) is 5.73 Å². The number of para-hydroxylation sites is 1. The quantitative estimate of drug-likeness (QED) is 0.915. The number of sulfone groups is 1. The molecule has 1 fully saturated rings. The van der Waals surface area contributed by atoms with Crippen molar-refractivity contribution in [2.75, 3.05) is 31.6 Å². The second-order valence-electron chi connectivity index (χ2n) is 5.57. The van der Waals surface area contributed by atoms with Crippen molar-refractivity contribution in [3.05, 3.63) is 18.2 Å². The molecule has 114 valence electrons. The van der Waals surface area contributed by atoms with E-state index in [1.807, 2.05) is 10.6 Å². The zero-order chi connectivity index (χ0) is 15.0. The molecule has 0 unspecified atom stereocenters. The van der Waals surface area contributed by atoms with Gasteiger partial charge in [-0.2, -0.15) is 0 Å². The van der Waals surface area contributed by atoms with E-state index in [0.29, 0.717) is 11.5 Å². The second kappa shape index (κ2) is 5.31. The lowest BCUT2D eigenvalue weighted by atomic mass is 10.3. The van der Waals surface area contributed by atoms with Crippen molar-refractivity contribution in [3.63, 3.8) is 0 Å². The van der Waals surface area contributed by atoms with Gasteiger partial charge in [-0.05, 0) is 38.1 Å². The first kappa shape index (κ1) is 14.3. The number of nitrogens with zero attached hydrogens (tertiary/aromatic N) is 3. The number of rotatable bonds is 4. The molecule has 2 aromatic rings. The first-order valence-corrected chi connectivity index (χ1v) is 9.03. The Hall–Kier alpha value is -1.60. The maximum atomic E-state index is 11.8. The molecule has 2 N–H and O–H groups in total. The van der Waals surface area contributed by atoms with Gasteiger partial charge >= 0.3 is 0 Å². The van der Waals surface area contributed by atoms with Crippen LogP contribution in [0.1, 0.15) is 12.8 Å². The normalized spacial score (nSPS) is 16.8. The van der Waals surface area contributed by atoms with Crippen LogP contribution in [0.25, 0.3) is 11.0 Å². The molecule has 0 spiro atoms. The van der Waals surface area contributed by atoms with Gasteiger partial charge in [0.1, 0.15) is 5.52 Å². The Labute approximate surface area is 124 Å². The fourth-order valence-corrected chi connectivity index (χ4v) is 3.75. The number of aromatic nitrogens is 2. The highest BCUT2D eigenvalue weighted by molar-refractivity contribution is 7.91. The third-order valence-electron chi connectivity index (χ3n) is 4.01. The highest BCUT2D eigenvalue weighted by atomic mass is 32.2. The molecule has 3 rings (SSSR count). The topological polar surface area (TPSA) is 81.2 Å². The molecule has 1 aromatic carbocycles. The predicted octanol–water partition coefficient (Wildman–Crippen LogP) is 1.12. The number of anilines is 1.